The van der Waals surface area contributed by atoms with E-state index in [4.69, 9.17) is 4.99 Å². The number of guanidine groups is 1. The van der Waals surface area contributed by atoms with Gasteiger partial charge in [-0.25, -0.2) is 4.99 Å². The fourth-order valence-corrected chi connectivity index (χ4v) is 3.11. The van der Waals surface area contributed by atoms with E-state index in [1.807, 2.05) is 31.2 Å². The summed E-state index contributed by atoms with van der Waals surface area (Å²) < 4.78 is 0. The molecule has 1 aliphatic carbocycles. The smallest absolute Gasteiger partial charge is 0.251 e. The summed E-state index contributed by atoms with van der Waals surface area (Å²) >= 11 is 0. The van der Waals surface area contributed by atoms with Gasteiger partial charge >= 0.3 is 0 Å². The van der Waals surface area contributed by atoms with Crippen LogP contribution in [0, 0.1) is 5.92 Å². The SMILES string of the molecule is CCNC(=O)c1ccc(CN=C(NCC)NC2CCC(C)CC2)cc1.I. The van der Waals surface area contributed by atoms with Crippen LogP contribution < -0.4 is 16.0 Å². The van der Waals surface area contributed by atoms with Gasteiger partial charge in [-0.05, 0) is 63.1 Å². The number of nitrogens with one attached hydrogen (secondary N) is 3. The zero-order valence-electron chi connectivity index (χ0n) is 16.2. The average molecular weight is 472 g/mol. The summed E-state index contributed by atoms with van der Waals surface area (Å²) in [6.45, 7) is 8.44. The molecule has 1 amide bonds. The Hall–Kier alpha value is -1.31. The number of halogens is 1. The minimum absolute atomic E-state index is 0. The lowest BCUT2D eigenvalue weighted by molar-refractivity contribution is 0.0956. The van der Waals surface area contributed by atoms with E-state index in [9.17, 15) is 4.79 Å². The van der Waals surface area contributed by atoms with Crippen molar-refractivity contribution >= 4 is 35.8 Å². The Morgan fingerprint density at radius 1 is 1.04 bits per heavy atom. The zero-order chi connectivity index (χ0) is 18.1. The molecule has 1 fully saturated rings. The molecule has 0 heterocycles. The molecule has 1 aromatic rings. The van der Waals surface area contributed by atoms with Gasteiger partial charge in [0.2, 0.25) is 0 Å². The number of aliphatic imine (C=N–C) groups is 1. The van der Waals surface area contributed by atoms with E-state index in [0.717, 1.165) is 24.0 Å². The molecule has 0 unspecified atom stereocenters. The second-order valence-electron chi connectivity index (χ2n) is 6.85. The highest BCUT2D eigenvalue weighted by atomic mass is 127. The normalized spacial score (nSPS) is 20.0. The van der Waals surface area contributed by atoms with Gasteiger partial charge in [0.1, 0.15) is 0 Å². The Morgan fingerprint density at radius 2 is 1.65 bits per heavy atom. The van der Waals surface area contributed by atoms with Gasteiger partial charge in [0.25, 0.3) is 5.91 Å². The fraction of sp³-hybridized carbons (Fsp3) is 0.600. The van der Waals surface area contributed by atoms with Crippen molar-refractivity contribution < 1.29 is 4.79 Å². The Bertz CT molecular complexity index is 566. The molecule has 0 spiro atoms. The van der Waals surface area contributed by atoms with E-state index in [1.165, 1.54) is 25.7 Å². The quantitative estimate of drug-likeness (QED) is 0.336. The lowest BCUT2D eigenvalue weighted by Crippen LogP contribution is -2.44. The first-order valence-electron chi connectivity index (χ1n) is 9.54. The van der Waals surface area contributed by atoms with Crippen molar-refractivity contribution in [1.29, 1.82) is 0 Å². The summed E-state index contributed by atoms with van der Waals surface area (Å²) in [4.78, 5) is 16.5. The van der Waals surface area contributed by atoms with Gasteiger partial charge in [0.15, 0.2) is 5.96 Å². The summed E-state index contributed by atoms with van der Waals surface area (Å²) in [6, 6.07) is 8.19. The molecule has 0 atom stereocenters. The number of hydrogen-bond donors (Lipinski definition) is 3. The maximum atomic E-state index is 11.8. The van der Waals surface area contributed by atoms with Gasteiger partial charge in [0, 0.05) is 24.7 Å². The van der Waals surface area contributed by atoms with Crippen molar-refractivity contribution in [3.8, 4) is 0 Å². The summed E-state index contributed by atoms with van der Waals surface area (Å²) in [5, 5.41) is 9.71. The molecule has 1 aromatic carbocycles. The summed E-state index contributed by atoms with van der Waals surface area (Å²) in [7, 11) is 0. The first-order chi connectivity index (χ1) is 12.1. The first kappa shape index (κ1) is 22.7. The maximum absolute atomic E-state index is 11.8. The lowest BCUT2D eigenvalue weighted by Gasteiger charge is -2.28. The number of benzene rings is 1. The molecule has 0 aromatic heterocycles. The minimum Gasteiger partial charge on any atom is -0.357 e. The van der Waals surface area contributed by atoms with E-state index in [2.05, 4.69) is 29.8 Å². The Labute approximate surface area is 174 Å². The molecule has 3 N–H and O–H groups in total. The van der Waals surface area contributed by atoms with Crippen LogP contribution in [0.1, 0.15) is 62.4 Å². The highest BCUT2D eigenvalue weighted by Gasteiger charge is 2.18. The monoisotopic (exact) mass is 472 g/mol. The van der Waals surface area contributed by atoms with Gasteiger partial charge in [-0.15, -0.1) is 24.0 Å². The molecule has 2 rings (SSSR count). The number of amides is 1. The molecule has 26 heavy (non-hydrogen) atoms. The topological polar surface area (TPSA) is 65.5 Å². The molecule has 0 bridgehead atoms. The third kappa shape index (κ3) is 7.51. The van der Waals surface area contributed by atoms with Gasteiger partial charge in [-0.3, -0.25) is 4.79 Å². The van der Waals surface area contributed by atoms with Crippen LogP contribution in [-0.4, -0.2) is 31.0 Å². The van der Waals surface area contributed by atoms with Crippen molar-refractivity contribution in [2.45, 2.75) is 59.0 Å². The van der Waals surface area contributed by atoms with Crippen molar-refractivity contribution in [2.24, 2.45) is 10.9 Å². The number of nitrogens with zero attached hydrogens (tertiary/aromatic N) is 1. The lowest BCUT2D eigenvalue weighted by atomic mass is 9.87. The highest BCUT2D eigenvalue weighted by molar-refractivity contribution is 14.0. The molecule has 0 radical (unpaired) electrons. The molecule has 1 aliphatic rings. The largest absolute Gasteiger partial charge is 0.357 e. The Balaban J connectivity index is 0.00000338. The molecule has 1 saturated carbocycles. The first-order valence-corrected chi connectivity index (χ1v) is 9.54. The molecular weight excluding hydrogens is 439 g/mol. The van der Waals surface area contributed by atoms with Crippen LogP contribution in [0.4, 0.5) is 0 Å². The van der Waals surface area contributed by atoms with E-state index in [-0.39, 0.29) is 29.9 Å². The molecular formula is C20H33IN4O. The van der Waals surface area contributed by atoms with Crippen molar-refractivity contribution in [3.63, 3.8) is 0 Å². The van der Waals surface area contributed by atoms with Crippen LogP contribution in [0.3, 0.4) is 0 Å². The number of hydrogen-bond acceptors (Lipinski definition) is 2. The summed E-state index contributed by atoms with van der Waals surface area (Å²) in [6.07, 6.45) is 5.01. The van der Waals surface area contributed by atoms with E-state index in [1.54, 1.807) is 0 Å². The minimum atomic E-state index is -0.0286. The second-order valence-corrected chi connectivity index (χ2v) is 6.85. The molecule has 0 saturated heterocycles. The standard InChI is InChI=1S/C20H32N4O.HI/c1-4-21-19(25)17-10-8-16(9-11-17)14-23-20(22-5-2)24-18-12-6-15(3)7-13-18;/h8-11,15,18H,4-7,12-14H2,1-3H3,(H,21,25)(H2,22,23,24);1H. The fourth-order valence-electron chi connectivity index (χ4n) is 3.11. The second kappa shape index (κ2) is 12.1. The van der Waals surface area contributed by atoms with Gasteiger partial charge in [0.05, 0.1) is 6.54 Å². The molecule has 146 valence electrons. The third-order valence-corrected chi connectivity index (χ3v) is 4.67. The van der Waals surface area contributed by atoms with Crippen LogP contribution in [0.25, 0.3) is 0 Å². The number of carbonyl (C=O) groups excluding carboxylic acids is 1. The Kier molecular flexibility index (Phi) is 10.6. The van der Waals surface area contributed by atoms with Gasteiger partial charge < -0.3 is 16.0 Å². The van der Waals surface area contributed by atoms with Crippen LogP contribution >= 0.6 is 24.0 Å². The highest BCUT2D eigenvalue weighted by Crippen LogP contribution is 2.23. The van der Waals surface area contributed by atoms with Crippen LogP contribution in [0.5, 0.6) is 0 Å². The van der Waals surface area contributed by atoms with E-state index >= 15 is 0 Å². The van der Waals surface area contributed by atoms with Crippen LogP contribution in [-0.2, 0) is 6.54 Å². The van der Waals surface area contributed by atoms with Crippen LogP contribution in [0.2, 0.25) is 0 Å². The average Bonchev–Trinajstić information content (AvgIpc) is 2.62. The molecule has 0 aliphatic heterocycles. The van der Waals surface area contributed by atoms with E-state index < -0.39 is 0 Å². The summed E-state index contributed by atoms with van der Waals surface area (Å²) in [5.41, 5.74) is 1.79. The predicted molar refractivity (Wildman–Crippen MR) is 119 cm³/mol. The number of rotatable bonds is 6. The molecule has 5 nitrogen and oxygen atoms in total. The van der Waals surface area contributed by atoms with Crippen molar-refractivity contribution in [3.05, 3.63) is 35.4 Å². The van der Waals surface area contributed by atoms with Crippen molar-refractivity contribution in [1.82, 2.24) is 16.0 Å². The number of carbonyl (C=O) groups is 1. The zero-order valence-corrected chi connectivity index (χ0v) is 18.5. The maximum Gasteiger partial charge on any atom is 0.251 e. The predicted octanol–water partition coefficient (Wildman–Crippen LogP) is 3.69. The Morgan fingerprint density at radius 3 is 2.23 bits per heavy atom. The van der Waals surface area contributed by atoms with Crippen LogP contribution in [0.15, 0.2) is 29.3 Å². The molecule has 6 heteroatoms. The third-order valence-electron chi connectivity index (χ3n) is 4.67. The van der Waals surface area contributed by atoms with Crippen molar-refractivity contribution in [2.75, 3.05) is 13.1 Å². The van der Waals surface area contributed by atoms with Gasteiger partial charge in [-0.2, -0.15) is 0 Å². The van der Waals surface area contributed by atoms with E-state index in [0.29, 0.717) is 24.7 Å². The van der Waals surface area contributed by atoms with Gasteiger partial charge in [-0.1, -0.05) is 19.1 Å². The summed E-state index contributed by atoms with van der Waals surface area (Å²) in [5.74, 6) is 1.70.